The Bertz CT molecular complexity index is 983. The van der Waals surface area contributed by atoms with Gasteiger partial charge >= 0.3 is 11.9 Å². The molecule has 0 amide bonds. The van der Waals surface area contributed by atoms with E-state index in [-0.39, 0.29) is 41.3 Å². The van der Waals surface area contributed by atoms with Gasteiger partial charge in [0.25, 0.3) is 0 Å². The molecule has 33 heavy (non-hydrogen) atoms. The Morgan fingerprint density at radius 3 is 1.97 bits per heavy atom. The molecule has 0 aromatic carbocycles. The predicted octanol–water partition coefficient (Wildman–Crippen LogP) is 5.33. The molecular formula is C27H38N2O4. The largest absolute Gasteiger partial charge is 0.466 e. The van der Waals surface area contributed by atoms with Gasteiger partial charge in [-0.2, -0.15) is 0 Å². The van der Waals surface area contributed by atoms with Crippen LogP contribution in [0, 0.1) is 5.41 Å². The number of nitrogens with zero attached hydrogens (tertiary/aromatic N) is 2. The Morgan fingerprint density at radius 2 is 1.42 bits per heavy atom. The van der Waals surface area contributed by atoms with Gasteiger partial charge in [0.1, 0.15) is 0 Å². The van der Waals surface area contributed by atoms with Crippen molar-refractivity contribution in [3.05, 3.63) is 34.4 Å². The van der Waals surface area contributed by atoms with Crippen LogP contribution >= 0.6 is 0 Å². The number of hydrogen-bond acceptors (Lipinski definition) is 6. The summed E-state index contributed by atoms with van der Waals surface area (Å²) in [7, 11) is 0. The van der Waals surface area contributed by atoms with E-state index in [1.807, 2.05) is 13.8 Å². The SMILES string of the molecule is CCOC(=O)CC1=NC(C)(C)CC1=C1C=C(C)C2(CC(C)(C)N=C2CC(=O)OCC)C(C)=C1. The van der Waals surface area contributed by atoms with Crippen LogP contribution in [0.5, 0.6) is 0 Å². The van der Waals surface area contributed by atoms with Crippen LogP contribution < -0.4 is 0 Å². The lowest BCUT2D eigenvalue weighted by atomic mass is 9.64. The second-order valence-electron chi connectivity index (χ2n) is 10.6. The fraction of sp³-hybridized carbons (Fsp3) is 0.630. The molecule has 0 saturated carbocycles. The topological polar surface area (TPSA) is 77.3 Å². The van der Waals surface area contributed by atoms with E-state index in [2.05, 4.69) is 53.7 Å². The summed E-state index contributed by atoms with van der Waals surface area (Å²) in [6.45, 7) is 17.0. The first-order valence-electron chi connectivity index (χ1n) is 11.9. The van der Waals surface area contributed by atoms with Crippen LogP contribution in [0.3, 0.4) is 0 Å². The molecule has 0 fully saturated rings. The highest BCUT2D eigenvalue weighted by Crippen LogP contribution is 2.53. The number of ether oxygens (including phenoxy) is 2. The van der Waals surface area contributed by atoms with Gasteiger partial charge in [0.15, 0.2) is 0 Å². The zero-order valence-corrected chi connectivity index (χ0v) is 21.4. The molecule has 0 atom stereocenters. The van der Waals surface area contributed by atoms with Gasteiger partial charge in [0.2, 0.25) is 0 Å². The second-order valence-corrected chi connectivity index (χ2v) is 10.6. The maximum Gasteiger partial charge on any atom is 0.311 e. The summed E-state index contributed by atoms with van der Waals surface area (Å²) in [5.41, 5.74) is 5.31. The van der Waals surface area contributed by atoms with Crippen molar-refractivity contribution in [2.75, 3.05) is 13.2 Å². The third kappa shape index (κ3) is 5.04. The first kappa shape index (κ1) is 25.1. The van der Waals surface area contributed by atoms with E-state index in [1.54, 1.807) is 0 Å². The average molecular weight is 455 g/mol. The van der Waals surface area contributed by atoms with E-state index < -0.39 is 0 Å². The number of hydrogen-bond donors (Lipinski definition) is 0. The number of esters is 2. The first-order valence-corrected chi connectivity index (χ1v) is 11.9. The van der Waals surface area contributed by atoms with E-state index in [1.165, 1.54) is 11.1 Å². The van der Waals surface area contributed by atoms with Gasteiger partial charge in [-0.1, -0.05) is 23.3 Å². The van der Waals surface area contributed by atoms with Gasteiger partial charge in [-0.15, -0.1) is 0 Å². The molecule has 0 unspecified atom stereocenters. The summed E-state index contributed by atoms with van der Waals surface area (Å²) in [6, 6.07) is 0. The van der Waals surface area contributed by atoms with E-state index >= 15 is 0 Å². The Hall–Kier alpha value is -2.50. The summed E-state index contributed by atoms with van der Waals surface area (Å²) in [5, 5.41) is 0. The van der Waals surface area contributed by atoms with Gasteiger partial charge in [-0.3, -0.25) is 19.6 Å². The molecule has 0 N–H and O–H groups in total. The smallest absolute Gasteiger partial charge is 0.311 e. The summed E-state index contributed by atoms with van der Waals surface area (Å²) < 4.78 is 10.4. The molecule has 1 aliphatic carbocycles. The molecule has 0 aromatic rings. The highest BCUT2D eigenvalue weighted by atomic mass is 16.5. The Balaban J connectivity index is 2.03. The van der Waals surface area contributed by atoms with Gasteiger partial charge in [-0.05, 0) is 79.4 Å². The Morgan fingerprint density at radius 1 is 0.879 bits per heavy atom. The van der Waals surface area contributed by atoms with Gasteiger partial charge < -0.3 is 9.47 Å². The van der Waals surface area contributed by atoms with E-state index in [0.717, 1.165) is 35.4 Å². The van der Waals surface area contributed by atoms with Gasteiger partial charge in [0.05, 0.1) is 48.3 Å². The molecule has 1 spiro atoms. The second kappa shape index (κ2) is 9.03. The van der Waals surface area contributed by atoms with Crippen LogP contribution in [0.2, 0.25) is 0 Å². The van der Waals surface area contributed by atoms with Gasteiger partial charge in [-0.25, -0.2) is 0 Å². The lowest BCUT2D eigenvalue weighted by Gasteiger charge is -2.38. The number of rotatable bonds is 6. The zero-order chi connectivity index (χ0) is 24.6. The lowest BCUT2D eigenvalue weighted by molar-refractivity contribution is -0.142. The maximum atomic E-state index is 12.4. The minimum absolute atomic E-state index is 0.184. The molecule has 2 aliphatic heterocycles. The minimum Gasteiger partial charge on any atom is -0.466 e. The standard InChI is InChI=1S/C27H38N2O4/c1-9-32-23(30)13-21-20(15-25(5,6)28-21)19-11-17(3)27(18(4)12-19)16-26(7,8)29-22(27)14-24(31)33-10-2/h11-12H,9-10,13-16H2,1-8H3. The number of carbonyl (C=O) groups is 2. The van der Waals surface area contributed by atoms with Crippen molar-refractivity contribution in [3.8, 4) is 0 Å². The minimum atomic E-state index is -0.382. The van der Waals surface area contributed by atoms with Crippen LogP contribution in [0.15, 0.2) is 44.4 Å². The van der Waals surface area contributed by atoms with Crippen molar-refractivity contribution in [1.29, 1.82) is 0 Å². The van der Waals surface area contributed by atoms with Crippen molar-refractivity contribution in [2.24, 2.45) is 15.4 Å². The van der Waals surface area contributed by atoms with Crippen molar-refractivity contribution in [2.45, 2.75) is 92.2 Å². The summed E-state index contributed by atoms with van der Waals surface area (Å²) in [4.78, 5) is 34.4. The molecule has 0 aromatic heterocycles. The van der Waals surface area contributed by atoms with Crippen LogP contribution in [0.4, 0.5) is 0 Å². The van der Waals surface area contributed by atoms with E-state index in [9.17, 15) is 9.59 Å². The zero-order valence-electron chi connectivity index (χ0n) is 21.4. The van der Waals surface area contributed by atoms with Crippen LogP contribution in [-0.4, -0.2) is 47.7 Å². The third-order valence-corrected chi connectivity index (χ3v) is 6.70. The monoisotopic (exact) mass is 454 g/mol. The molecule has 0 radical (unpaired) electrons. The van der Waals surface area contributed by atoms with Crippen molar-refractivity contribution in [1.82, 2.24) is 0 Å². The van der Waals surface area contributed by atoms with Crippen molar-refractivity contribution in [3.63, 3.8) is 0 Å². The summed E-state index contributed by atoms with van der Waals surface area (Å²) >= 11 is 0. The quantitative estimate of drug-likeness (QED) is 0.508. The molecule has 6 nitrogen and oxygen atoms in total. The lowest BCUT2D eigenvalue weighted by Crippen LogP contribution is -2.35. The van der Waals surface area contributed by atoms with Crippen LogP contribution in [-0.2, 0) is 19.1 Å². The van der Waals surface area contributed by atoms with E-state index in [4.69, 9.17) is 19.5 Å². The molecule has 0 saturated heterocycles. The number of carbonyl (C=O) groups excluding carboxylic acids is 2. The molecule has 3 aliphatic rings. The fourth-order valence-corrected chi connectivity index (χ4v) is 5.53. The van der Waals surface area contributed by atoms with E-state index in [0.29, 0.717) is 13.2 Å². The highest BCUT2D eigenvalue weighted by Gasteiger charge is 2.50. The Kier molecular flexibility index (Phi) is 6.88. The molecule has 2 heterocycles. The normalized spacial score (nSPS) is 25.5. The molecule has 0 bridgehead atoms. The molecule has 3 rings (SSSR count). The van der Waals surface area contributed by atoms with Crippen molar-refractivity contribution < 1.29 is 19.1 Å². The Labute approximate surface area is 197 Å². The molecule has 180 valence electrons. The highest BCUT2D eigenvalue weighted by molar-refractivity contribution is 6.12. The number of allylic oxidation sites excluding steroid dienone is 5. The number of aliphatic imine (C=N–C) groups is 2. The molecule has 6 heteroatoms. The summed E-state index contributed by atoms with van der Waals surface area (Å²) in [6.07, 6.45) is 6.37. The summed E-state index contributed by atoms with van der Waals surface area (Å²) in [5.74, 6) is -0.485. The third-order valence-electron chi connectivity index (χ3n) is 6.70. The molecular weight excluding hydrogens is 416 g/mol. The maximum absolute atomic E-state index is 12.4. The van der Waals surface area contributed by atoms with Crippen LogP contribution in [0.25, 0.3) is 0 Å². The van der Waals surface area contributed by atoms with Gasteiger partial charge in [0, 0.05) is 5.71 Å². The predicted molar refractivity (Wildman–Crippen MR) is 132 cm³/mol. The first-order chi connectivity index (χ1) is 15.3. The fourth-order valence-electron chi connectivity index (χ4n) is 5.53. The van der Waals surface area contributed by atoms with Crippen molar-refractivity contribution >= 4 is 23.4 Å². The average Bonchev–Trinajstić information content (AvgIpc) is 3.12. The van der Waals surface area contributed by atoms with Crippen LogP contribution in [0.1, 0.15) is 81.1 Å².